The van der Waals surface area contributed by atoms with Crippen LogP contribution in [0.3, 0.4) is 0 Å². The molecule has 7 heteroatoms. The van der Waals surface area contributed by atoms with E-state index >= 15 is 0 Å². The van der Waals surface area contributed by atoms with E-state index < -0.39 is 0 Å². The van der Waals surface area contributed by atoms with E-state index in [9.17, 15) is 9.59 Å². The van der Waals surface area contributed by atoms with Crippen LogP contribution in [-0.2, 0) is 17.8 Å². The van der Waals surface area contributed by atoms with Crippen LogP contribution in [0.4, 0.5) is 5.69 Å². The molecule has 1 aliphatic rings. The molecule has 1 saturated heterocycles. The third-order valence-corrected chi connectivity index (χ3v) is 4.59. The monoisotopic (exact) mass is 370 g/mol. The van der Waals surface area contributed by atoms with E-state index in [1.54, 1.807) is 0 Å². The van der Waals surface area contributed by atoms with Crippen LogP contribution in [0, 0.1) is 0 Å². The van der Waals surface area contributed by atoms with Gasteiger partial charge in [0, 0.05) is 37.9 Å². The van der Waals surface area contributed by atoms with Crippen molar-refractivity contribution in [3.63, 3.8) is 0 Å². The smallest absolute Gasteiger partial charge is 0.271 e. The van der Waals surface area contributed by atoms with E-state index in [1.165, 1.54) is 16.8 Å². The lowest BCUT2D eigenvalue weighted by Gasteiger charge is -2.28. The molecule has 1 aromatic carbocycles. The molecule has 0 spiro atoms. The molecule has 0 saturated carbocycles. The minimum Gasteiger partial charge on any atom is -0.378 e. The molecule has 144 valence electrons. The summed E-state index contributed by atoms with van der Waals surface area (Å²) in [7, 11) is 0. The van der Waals surface area contributed by atoms with Gasteiger partial charge in [-0.25, -0.2) is 4.68 Å². The minimum absolute atomic E-state index is 0.182. The van der Waals surface area contributed by atoms with Gasteiger partial charge < -0.3 is 15.0 Å². The van der Waals surface area contributed by atoms with Crippen LogP contribution >= 0.6 is 0 Å². The minimum atomic E-state index is -0.280. The molecule has 1 N–H and O–H groups in total. The van der Waals surface area contributed by atoms with Crippen molar-refractivity contribution in [2.45, 2.75) is 32.9 Å². The molecule has 2 heterocycles. The fourth-order valence-electron chi connectivity index (χ4n) is 2.96. The van der Waals surface area contributed by atoms with Gasteiger partial charge in [-0.2, -0.15) is 5.10 Å². The number of amides is 1. The van der Waals surface area contributed by atoms with Crippen molar-refractivity contribution >= 4 is 11.6 Å². The van der Waals surface area contributed by atoms with Gasteiger partial charge in [0.1, 0.15) is 5.69 Å². The molecule has 0 radical (unpaired) electrons. The highest BCUT2D eigenvalue weighted by Crippen LogP contribution is 2.16. The van der Waals surface area contributed by atoms with Gasteiger partial charge in [0.2, 0.25) is 0 Å². The summed E-state index contributed by atoms with van der Waals surface area (Å²) in [5, 5.41) is 7.04. The molecule has 0 unspecified atom stereocenters. The van der Waals surface area contributed by atoms with Gasteiger partial charge in [-0.1, -0.05) is 25.5 Å². The molecule has 1 amide bonds. The fraction of sp³-hybridized carbons (Fsp3) is 0.450. The number of morpholine rings is 1. The van der Waals surface area contributed by atoms with Gasteiger partial charge in [0.05, 0.1) is 13.2 Å². The Morgan fingerprint density at radius 2 is 1.89 bits per heavy atom. The van der Waals surface area contributed by atoms with Crippen LogP contribution in [0.1, 0.15) is 35.8 Å². The van der Waals surface area contributed by atoms with E-state index in [-0.39, 0.29) is 17.2 Å². The van der Waals surface area contributed by atoms with Crippen LogP contribution in [0.2, 0.25) is 0 Å². The number of benzene rings is 1. The van der Waals surface area contributed by atoms with E-state index in [4.69, 9.17) is 4.74 Å². The molecule has 1 fully saturated rings. The Kier molecular flexibility index (Phi) is 6.59. The number of hydrogen-bond acceptors (Lipinski definition) is 5. The number of aromatic nitrogens is 2. The standard InChI is InChI=1S/C20H26N4O3/c1-2-3-10-24-19(25)9-8-18(22-24)20(26)21-15-16-4-6-17(7-5-16)23-11-13-27-14-12-23/h4-9H,2-3,10-15H2,1H3,(H,21,26). The SMILES string of the molecule is CCCCn1nc(C(=O)NCc2ccc(N3CCOCC3)cc2)ccc1=O. The normalized spacial score (nSPS) is 14.2. The Labute approximate surface area is 158 Å². The average Bonchev–Trinajstić information content (AvgIpc) is 2.72. The molecule has 0 atom stereocenters. The van der Waals surface area contributed by atoms with Crippen LogP contribution < -0.4 is 15.8 Å². The highest BCUT2D eigenvalue weighted by Gasteiger charge is 2.12. The Balaban J connectivity index is 1.58. The Morgan fingerprint density at radius 3 is 2.59 bits per heavy atom. The highest BCUT2D eigenvalue weighted by atomic mass is 16.5. The van der Waals surface area contributed by atoms with Gasteiger partial charge in [0.25, 0.3) is 11.5 Å². The van der Waals surface area contributed by atoms with Gasteiger partial charge in [-0.3, -0.25) is 9.59 Å². The van der Waals surface area contributed by atoms with Crippen molar-refractivity contribution in [1.29, 1.82) is 0 Å². The Bertz CT molecular complexity index is 811. The molecule has 3 rings (SSSR count). The number of carbonyl (C=O) groups is 1. The van der Waals surface area contributed by atoms with Gasteiger partial charge >= 0.3 is 0 Å². The van der Waals surface area contributed by atoms with Crippen molar-refractivity contribution in [3.05, 3.63) is 58.0 Å². The number of carbonyl (C=O) groups excluding carboxylic acids is 1. The molecule has 1 aliphatic heterocycles. The highest BCUT2D eigenvalue weighted by molar-refractivity contribution is 5.91. The van der Waals surface area contributed by atoms with Crippen LogP contribution in [-0.4, -0.2) is 42.0 Å². The number of aryl methyl sites for hydroxylation is 1. The number of nitrogens with one attached hydrogen (secondary N) is 1. The first kappa shape index (κ1) is 19.1. The van der Waals surface area contributed by atoms with Crippen LogP contribution in [0.15, 0.2) is 41.2 Å². The largest absolute Gasteiger partial charge is 0.378 e. The number of nitrogens with zero attached hydrogens (tertiary/aromatic N) is 3. The summed E-state index contributed by atoms with van der Waals surface area (Å²) < 4.78 is 6.73. The lowest BCUT2D eigenvalue weighted by molar-refractivity contribution is 0.0943. The topological polar surface area (TPSA) is 76.5 Å². The van der Waals surface area contributed by atoms with E-state index in [1.807, 2.05) is 19.1 Å². The Morgan fingerprint density at radius 1 is 1.15 bits per heavy atom. The second-order valence-electron chi connectivity index (χ2n) is 6.58. The molecule has 27 heavy (non-hydrogen) atoms. The first-order chi connectivity index (χ1) is 13.2. The summed E-state index contributed by atoms with van der Waals surface area (Å²) in [6.45, 7) is 6.30. The summed E-state index contributed by atoms with van der Waals surface area (Å²) in [4.78, 5) is 26.4. The first-order valence-electron chi connectivity index (χ1n) is 9.45. The third kappa shape index (κ3) is 5.17. The van der Waals surface area contributed by atoms with Gasteiger partial charge in [0.15, 0.2) is 0 Å². The quantitative estimate of drug-likeness (QED) is 0.804. The summed E-state index contributed by atoms with van der Waals surface area (Å²) in [6.07, 6.45) is 1.82. The number of unbranched alkanes of at least 4 members (excludes halogenated alkanes) is 1. The van der Waals surface area contributed by atoms with Crippen molar-refractivity contribution in [2.75, 3.05) is 31.2 Å². The maximum absolute atomic E-state index is 12.4. The summed E-state index contributed by atoms with van der Waals surface area (Å²) in [5.41, 5.74) is 2.26. The Hall–Kier alpha value is -2.67. The van der Waals surface area contributed by atoms with Gasteiger partial charge in [-0.15, -0.1) is 0 Å². The molecular formula is C20H26N4O3. The zero-order valence-electron chi connectivity index (χ0n) is 15.7. The van der Waals surface area contributed by atoms with E-state index in [0.717, 1.165) is 50.4 Å². The number of ether oxygens (including phenoxy) is 1. The summed E-state index contributed by atoms with van der Waals surface area (Å²) in [6, 6.07) is 11.0. The van der Waals surface area contributed by atoms with Crippen molar-refractivity contribution in [2.24, 2.45) is 0 Å². The van der Waals surface area contributed by atoms with Crippen LogP contribution in [0.5, 0.6) is 0 Å². The zero-order chi connectivity index (χ0) is 19.1. The molecule has 7 nitrogen and oxygen atoms in total. The summed E-state index contributed by atoms with van der Waals surface area (Å²) >= 11 is 0. The molecule has 2 aromatic rings. The average molecular weight is 370 g/mol. The number of rotatable bonds is 7. The van der Waals surface area contributed by atoms with E-state index in [2.05, 4.69) is 27.4 Å². The summed E-state index contributed by atoms with van der Waals surface area (Å²) in [5.74, 6) is -0.280. The molecular weight excluding hydrogens is 344 g/mol. The van der Waals surface area contributed by atoms with Gasteiger partial charge in [-0.05, 0) is 30.2 Å². The van der Waals surface area contributed by atoms with Crippen molar-refractivity contribution in [1.82, 2.24) is 15.1 Å². The fourth-order valence-corrected chi connectivity index (χ4v) is 2.96. The predicted octanol–water partition coefficient (Wildman–Crippen LogP) is 1.81. The second-order valence-corrected chi connectivity index (χ2v) is 6.58. The van der Waals surface area contributed by atoms with Crippen LogP contribution in [0.25, 0.3) is 0 Å². The lowest BCUT2D eigenvalue weighted by Crippen LogP contribution is -2.36. The van der Waals surface area contributed by atoms with E-state index in [0.29, 0.717) is 13.1 Å². The second kappa shape index (κ2) is 9.32. The maximum Gasteiger partial charge on any atom is 0.271 e. The molecule has 1 aromatic heterocycles. The zero-order valence-corrected chi connectivity index (χ0v) is 15.7. The molecule has 0 bridgehead atoms. The number of anilines is 1. The maximum atomic E-state index is 12.4. The molecule has 0 aliphatic carbocycles. The number of hydrogen-bond donors (Lipinski definition) is 1. The van der Waals surface area contributed by atoms with Crippen molar-refractivity contribution < 1.29 is 9.53 Å². The lowest BCUT2D eigenvalue weighted by atomic mass is 10.2. The predicted molar refractivity (Wildman–Crippen MR) is 104 cm³/mol. The first-order valence-corrected chi connectivity index (χ1v) is 9.45. The van der Waals surface area contributed by atoms with Crippen molar-refractivity contribution in [3.8, 4) is 0 Å². The third-order valence-electron chi connectivity index (χ3n) is 4.59.